The van der Waals surface area contributed by atoms with E-state index in [2.05, 4.69) is 22.1 Å². The molecule has 2 aliphatic rings. The van der Waals surface area contributed by atoms with Gasteiger partial charge in [0.2, 0.25) is 12.4 Å². The fraction of sp³-hybridized carbons (Fsp3) is 0.261. The lowest BCUT2D eigenvalue weighted by atomic mass is 10.0. The molecule has 302 valence electrons. The quantitative estimate of drug-likeness (QED) is 0.0471. The maximum Gasteiger partial charge on any atom is 0.339 e. The number of para-hydroxylation sites is 2. The summed E-state index contributed by atoms with van der Waals surface area (Å²) in [5, 5.41) is 11.9. The number of allylic oxidation sites excluding steroid dienone is 2. The Morgan fingerprint density at radius 1 is 0.712 bits per heavy atom. The van der Waals surface area contributed by atoms with E-state index in [1.165, 1.54) is 23.8 Å². The second kappa shape index (κ2) is 17.3. The number of carbonyl (C=O) groups excluding carboxylic acids is 3. The van der Waals surface area contributed by atoms with Gasteiger partial charge in [-0.3, -0.25) is 14.4 Å². The zero-order valence-electron chi connectivity index (χ0n) is 32.1. The lowest BCUT2D eigenvalue weighted by Gasteiger charge is -2.40. The predicted octanol–water partition coefficient (Wildman–Crippen LogP) is 7.09. The zero-order chi connectivity index (χ0) is 40.9. The van der Waals surface area contributed by atoms with Crippen molar-refractivity contribution in [3.63, 3.8) is 0 Å². The number of aromatic carboxylic acids is 1. The summed E-state index contributed by atoms with van der Waals surface area (Å²) in [7, 11) is 0. The van der Waals surface area contributed by atoms with Crippen molar-refractivity contribution in [1.29, 1.82) is 0 Å². The average molecular weight is 798 g/mol. The van der Waals surface area contributed by atoms with Gasteiger partial charge in [0.05, 0.1) is 6.61 Å². The number of hydrogen-bond acceptors (Lipinski definition) is 10. The van der Waals surface area contributed by atoms with Gasteiger partial charge in [-0.15, -0.1) is 0 Å². The number of carbonyl (C=O) groups is 4. The summed E-state index contributed by atoms with van der Waals surface area (Å²) in [5.74, 6) is -3.33. The largest absolute Gasteiger partial charge is 0.478 e. The predicted molar refractivity (Wildman–Crippen MR) is 218 cm³/mol. The van der Waals surface area contributed by atoms with E-state index in [4.69, 9.17) is 29.4 Å². The molecule has 1 saturated heterocycles. The Morgan fingerprint density at radius 2 is 1.31 bits per heavy atom. The van der Waals surface area contributed by atoms with Gasteiger partial charge in [0.15, 0.2) is 12.2 Å². The molecule has 1 fully saturated rings. The summed E-state index contributed by atoms with van der Waals surface area (Å²) in [6, 6.07) is 27.5. The molecule has 0 spiro atoms. The van der Waals surface area contributed by atoms with Crippen LogP contribution in [-0.2, 0) is 52.6 Å². The molecule has 8 rings (SSSR count). The number of nitrogen functional groups attached to an aromatic ring is 1. The lowest BCUT2D eigenvalue weighted by molar-refractivity contribution is -0.261. The second-order valence-corrected chi connectivity index (χ2v) is 14.6. The molecule has 2 aromatic heterocycles. The molecule has 0 amide bonds. The van der Waals surface area contributed by atoms with Crippen LogP contribution in [0.25, 0.3) is 27.4 Å². The third kappa shape index (κ3) is 8.85. The highest BCUT2D eigenvalue weighted by Gasteiger charge is 2.49. The first kappa shape index (κ1) is 39.0. The number of hydrogen-bond donors (Lipinski definition) is 4. The molecule has 0 unspecified atom stereocenters. The SMILES string of the molecule is Nc1ccc(O[C@@H]2OC[C@@H](OC(=O)CCC3=CCc4ccccc43)[C@H](OC(=O)CCc3c[nH]c4ccccc34)[C@H]2OC(=O)CCc2c[nH]c3ccccc23)c(C(=O)O)c1. The molecule has 3 heterocycles. The highest BCUT2D eigenvalue weighted by Crippen LogP contribution is 2.33. The topological polar surface area (TPSA) is 192 Å². The van der Waals surface area contributed by atoms with Gasteiger partial charge in [-0.1, -0.05) is 66.7 Å². The molecule has 1 aliphatic carbocycles. The summed E-state index contributed by atoms with van der Waals surface area (Å²) in [6.07, 6.45) is 1.94. The number of aromatic amines is 2. The standard InChI is InChI=1S/C46H43N3O10/c47-31-18-19-38(35(23-31)45(53)54)57-46-44(59-42(52)22-17-30-25-49-37-12-6-4-10-34(30)37)43(58-41(51)21-16-29-24-48-36-11-5-3-9-33(29)36)39(26-55-46)56-40(50)20-15-28-14-13-27-7-1-2-8-32(27)28/h1-12,14,18-19,23-25,39,43-44,46,48-49H,13,15-17,20-22,26,47H2,(H,53,54)/t39-,43+,44-,46+/m1/s1. The molecule has 1 aliphatic heterocycles. The number of fused-ring (bicyclic) bond motifs is 3. The third-order valence-corrected chi connectivity index (χ3v) is 10.8. The van der Waals surface area contributed by atoms with Crippen molar-refractivity contribution < 1.29 is 48.0 Å². The van der Waals surface area contributed by atoms with Crippen molar-refractivity contribution in [2.75, 3.05) is 12.3 Å². The molecule has 5 N–H and O–H groups in total. The lowest BCUT2D eigenvalue weighted by Crippen LogP contribution is -2.59. The van der Waals surface area contributed by atoms with Crippen LogP contribution in [0.1, 0.15) is 58.3 Å². The number of aryl methyl sites for hydroxylation is 2. The highest BCUT2D eigenvalue weighted by molar-refractivity contribution is 5.92. The Kier molecular flexibility index (Phi) is 11.4. The number of ether oxygens (including phenoxy) is 5. The van der Waals surface area contributed by atoms with Crippen LogP contribution in [0.2, 0.25) is 0 Å². The first-order valence-electron chi connectivity index (χ1n) is 19.6. The van der Waals surface area contributed by atoms with Crippen molar-refractivity contribution in [3.8, 4) is 5.75 Å². The van der Waals surface area contributed by atoms with E-state index < -0.39 is 48.5 Å². The first-order valence-corrected chi connectivity index (χ1v) is 19.6. The Balaban J connectivity index is 1.05. The van der Waals surface area contributed by atoms with Crippen molar-refractivity contribution in [1.82, 2.24) is 9.97 Å². The molecule has 13 nitrogen and oxygen atoms in total. The van der Waals surface area contributed by atoms with Gasteiger partial charge < -0.3 is 44.5 Å². The van der Waals surface area contributed by atoms with Crippen molar-refractivity contribution >= 4 is 56.9 Å². The highest BCUT2D eigenvalue weighted by atomic mass is 16.7. The molecule has 59 heavy (non-hydrogen) atoms. The molecule has 4 atom stereocenters. The van der Waals surface area contributed by atoms with Crippen LogP contribution in [-0.4, -0.2) is 70.2 Å². The van der Waals surface area contributed by atoms with Crippen molar-refractivity contribution in [2.24, 2.45) is 0 Å². The number of esters is 3. The molecule has 0 radical (unpaired) electrons. The molecule has 4 aromatic carbocycles. The van der Waals surface area contributed by atoms with Gasteiger partial charge in [0.1, 0.15) is 11.3 Å². The minimum atomic E-state index is -1.49. The van der Waals surface area contributed by atoms with Gasteiger partial charge in [0, 0.05) is 59.1 Å². The summed E-state index contributed by atoms with van der Waals surface area (Å²) in [4.78, 5) is 59.7. The number of rotatable bonds is 15. The van der Waals surface area contributed by atoms with E-state index in [9.17, 15) is 24.3 Å². The van der Waals surface area contributed by atoms with Crippen LogP contribution in [0.5, 0.6) is 5.75 Å². The van der Waals surface area contributed by atoms with Gasteiger partial charge in [-0.25, -0.2) is 4.79 Å². The zero-order valence-corrected chi connectivity index (χ0v) is 32.1. The van der Waals surface area contributed by atoms with E-state index >= 15 is 0 Å². The van der Waals surface area contributed by atoms with Gasteiger partial charge in [-0.2, -0.15) is 0 Å². The monoisotopic (exact) mass is 797 g/mol. The normalized spacial score (nSPS) is 18.5. The maximum atomic E-state index is 13.8. The smallest absolute Gasteiger partial charge is 0.339 e. The number of nitrogens with two attached hydrogens (primary N) is 1. The summed E-state index contributed by atoms with van der Waals surface area (Å²) < 4.78 is 30.4. The minimum absolute atomic E-state index is 0.0281. The Morgan fingerprint density at radius 3 is 1.98 bits per heavy atom. The van der Waals surface area contributed by atoms with Crippen LogP contribution in [0, 0.1) is 0 Å². The number of anilines is 1. The Bertz CT molecular complexity index is 2550. The van der Waals surface area contributed by atoms with E-state index in [1.807, 2.05) is 79.1 Å². The van der Waals surface area contributed by atoms with Crippen LogP contribution < -0.4 is 10.5 Å². The molecule has 6 aromatic rings. The number of nitrogens with one attached hydrogen (secondary N) is 2. The van der Waals surface area contributed by atoms with Crippen molar-refractivity contribution in [3.05, 3.63) is 137 Å². The Labute approximate surface area is 339 Å². The van der Waals surface area contributed by atoms with Gasteiger partial charge >= 0.3 is 23.9 Å². The molecular weight excluding hydrogens is 755 g/mol. The Hall–Kier alpha value is -6.86. The summed E-state index contributed by atoms with van der Waals surface area (Å²) in [5.41, 5.74) is 12.8. The van der Waals surface area contributed by atoms with E-state index in [-0.39, 0.29) is 42.9 Å². The number of aromatic nitrogens is 2. The summed E-state index contributed by atoms with van der Waals surface area (Å²) in [6.45, 7) is -0.316. The van der Waals surface area contributed by atoms with Crippen molar-refractivity contribution in [2.45, 2.75) is 69.5 Å². The number of carboxylic acids is 1. The number of benzene rings is 4. The first-order chi connectivity index (χ1) is 28.7. The number of carboxylic acid groups (broad SMARTS) is 1. The maximum absolute atomic E-state index is 13.8. The van der Waals surface area contributed by atoms with Crippen LogP contribution in [0.3, 0.4) is 0 Å². The fourth-order valence-electron chi connectivity index (χ4n) is 7.78. The molecule has 13 heteroatoms. The summed E-state index contributed by atoms with van der Waals surface area (Å²) >= 11 is 0. The fourth-order valence-corrected chi connectivity index (χ4v) is 7.78. The average Bonchev–Trinajstić information content (AvgIpc) is 3.98. The molecular formula is C46H43N3O10. The van der Waals surface area contributed by atoms with E-state index in [0.29, 0.717) is 19.3 Å². The third-order valence-electron chi connectivity index (χ3n) is 10.8. The van der Waals surface area contributed by atoms with Crippen LogP contribution >= 0.6 is 0 Å². The van der Waals surface area contributed by atoms with Gasteiger partial charge in [-0.05, 0) is 83.8 Å². The van der Waals surface area contributed by atoms with E-state index in [0.717, 1.165) is 50.5 Å². The minimum Gasteiger partial charge on any atom is -0.478 e. The molecule has 0 saturated carbocycles. The van der Waals surface area contributed by atoms with Crippen LogP contribution in [0.15, 0.2) is 109 Å². The van der Waals surface area contributed by atoms with E-state index in [1.54, 1.807) is 0 Å². The van der Waals surface area contributed by atoms with Crippen LogP contribution in [0.4, 0.5) is 5.69 Å². The number of H-pyrrole nitrogens is 2. The van der Waals surface area contributed by atoms with Gasteiger partial charge in [0.25, 0.3) is 0 Å². The molecule has 0 bridgehead atoms. The second-order valence-electron chi connectivity index (χ2n) is 14.6.